The Bertz CT molecular complexity index is 1410. The van der Waals surface area contributed by atoms with Crippen LogP contribution in [0.5, 0.6) is 0 Å². The van der Waals surface area contributed by atoms with Crippen LogP contribution < -0.4 is 5.73 Å². The van der Waals surface area contributed by atoms with Crippen LogP contribution >= 0.6 is 11.6 Å². The molecule has 0 saturated carbocycles. The second-order valence-electron chi connectivity index (χ2n) is 9.27. The number of aliphatic imine (C=N–C) groups is 1. The molecule has 35 heavy (non-hydrogen) atoms. The van der Waals surface area contributed by atoms with Crippen LogP contribution in [0.4, 0.5) is 4.39 Å². The SMILES string of the molecule is C[C@@H]1C[C@H](N2C(=O)C[C@@](C)(c3cc(F)c4nc(-c5cccc(C#N)c5)[nH]c4c3Cl)N=C2N)CCO1. The van der Waals surface area contributed by atoms with Gasteiger partial charge in [-0.25, -0.2) is 14.4 Å². The van der Waals surface area contributed by atoms with E-state index in [1.807, 2.05) is 6.92 Å². The van der Waals surface area contributed by atoms with Gasteiger partial charge in [-0.3, -0.25) is 9.69 Å². The number of hydrogen-bond donors (Lipinski definition) is 2. The second kappa shape index (κ2) is 8.63. The summed E-state index contributed by atoms with van der Waals surface area (Å²) >= 11 is 6.75. The number of nitrogens with zero attached hydrogens (tertiary/aromatic N) is 4. The van der Waals surface area contributed by atoms with Gasteiger partial charge in [0.05, 0.1) is 40.2 Å². The van der Waals surface area contributed by atoms with Crippen molar-refractivity contribution in [2.45, 2.75) is 50.8 Å². The van der Waals surface area contributed by atoms with Crippen LogP contribution in [0.2, 0.25) is 5.02 Å². The maximum absolute atomic E-state index is 15.2. The van der Waals surface area contributed by atoms with Crippen molar-refractivity contribution in [3.8, 4) is 17.5 Å². The van der Waals surface area contributed by atoms with E-state index in [0.717, 1.165) is 0 Å². The molecule has 2 aliphatic heterocycles. The molecule has 0 bridgehead atoms. The highest BCUT2D eigenvalue weighted by Crippen LogP contribution is 2.42. The van der Waals surface area contributed by atoms with Gasteiger partial charge < -0.3 is 15.5 Å². The summed E-state index contributed by atoms with van der Waals surface area (Å²) < 4.78 is 20.8. The van der Waals surface area contributed by atoms with E-state index in [9.17, 15) is 10.1 Å². The first-order valence-corrected chi connectivity index (χ1v) is 11.8. The summed E-state index contributed by atoms with van der Waals surface area (Å²) in [5.41, 5.74) is 6.94. The first kappa shape index (κ1) is 23.3. The Balaban J connectivity index is 1.56. The molecular formula is C25H24ClFN6O2. The number of nitrogens with two attached hydrogens (primary N) is 1. The van der Waals surface area contributed by atoms with Gasteiger partial charge in [0, 0.05) is 23.8 Å². The summed E-state index contributed by atoms with van der Waals surface area (Å²) in [5, 5.41) is 9.40. The molecule has 0 unspecified atom stereocenters. The predicted molar refractivity (Wildman–Crippen MR) is 130 cm³/mol. The van der Waals surface area contributed by atoms with E-state index in [4.69, 9.17) is 22.1 Å². The van der Waals surface area contributed by atoms with Crippen LogP contribution in [-0.2, 0) is 15.1 Å². The number of nitriles is 1. The lowest BCUT2D eigenvalue weighted by Gasteiger charge is -2.41. The van der Waals surface area contributed by atoms with Gasteiger partial charge >= 0.3 is 0 Å². The molecule has 3 N–H and O–H groups in total. The smallest absolute Gasteiger partial charge is 0.232 e. The van der Waals surface area contributed by atoms with E-state index in [0.29, 0.717) is 47.5 Å². The number of ether oxygens (including phenoxy) is 1. The Morgan fingerprint density at radius 3 is 2.91 bits per heavy atom. The number of carbonyl (C=O) groups is 1. The number of H-pyrrole nitrogens is 1. The number of hydrogen-bond acceptors (Lipinski definition) is 6. The number of benzene rings is 2. The molecule has 10 heteroatoms. The monoisotopic (exact) mass is 494 g/mol. The van der Waals surface area contributed by atoms with Gasteiger partial charge in [-0.05, 0) is 44.9 Å². The fourth-order valence-electron chi connectivity index (χ4n) is 4.97. The van der Waals surface area contributed by atoms with Gasteiger partial charge in [0.25, 0.3) is 0 Å². The fourth-order valence-corrected chi connectivity index (χ4v) is 5.37. The van der Waals surface area contributed by atoms with Gasteiger partial charge in [-0.1, -0.05) is 23.7 Å². The summed E-state index contributed by atoms with van der Waals surface area (Å²) in [4.78, 5) is 26.9. The highest BCUT2D eigenvalue weighted by Gasteiger charge is 2.42. The van der Waals surface area contributed by atoms with Crippen LogP contribution in [0.3, 0.4) is 0 Å². The van der Waals surface area contributed by atoms with E-state index < -0.39 is 11.4 Å². The van der Waals surface area contributed by atoms with Gasteiger partial charge in [0.15, 0.2) is 11.8 Å². The molecule has 1 fully saturated rings. The van der Waals surface area contributed by atoms with E-state index in [2.05, 4.69) is 21.0 Å². The maximum Gasteiger partial charge on any atom is 0.232 e. The number of rotatable bonds is 3. The molecule has 1 aromatic heterocycles. The molecule has 3 heterocycles. The highest BCUT2D eigenvalue weighted by atomic mass is 35.5. The Morgan fingerprint density at radius 2 is 2.20 bits per heavy atom. The lowest BCUT2D eigenvalue weighted by molar-refractivity contribution is -0.133. The largest absolute Gasteiger partial charge is 0.378 e. The van der Waals surface area contributed by atoms with E-state index in [-0.39, 0.29) is 41.0 Å². The van der Waals surface area contributed by atoms with E-state index in [1.54, 1.807) is 36.1 Å². The van der Waals surface area contributed by atoms with Crippen molar-refractivity contribution >= 4 is 34.5 Å². The number of amides is 1. The topological polar surface area (TPSA) is 120 Å². The zero-order valence-corrected chi connectivity index (χ0v) is 20.1. The normalized spacial score (nSPS) is 24.9. The molecule has 2 aromatic carbocycles. The van der Waals surface area contributed by atoms with Crippen LogP contribution in [0.1, 0.15) is 44.2 Å². The summed E-state index contributed by atoms with van der Waals surface area (Å²) in [6.45, 7) is 4.24. The molecule has 3 atom stereocenters. The van der Waals surface area contributed by atoms with E-state index in [1.165, 1.54) is 6.07 Å². The first-order valence-electron chi connectivity index (χ1n) is 11.4. The molecule has 2 aliphatic rings. The first-order chi connectivity index (χ1) is 16.7. The molecule has 3 aromatic rings. The number of imidazole rings is 1. The number of nitrogens with one attached hydrogen (secondary N) is 1. The second-order valence-corrected chi connectivity index (χ2v) is 9.64. The molecule has 1 amide bonds. The zero-order valence-electron chi connectivity index (χ0n) is 19.3. The Labute approximate surface area is 206 Å². The minimum atomic E-state index is -1.15. The van der Waals surface area contributed by atoms with Crippen molar-refractivity contribution in [3.05, 3.63) is 52.3 Å². The molecule has 5 rings (SSSR count). The average Bonchev–Trinajstić information content (AvgIpc) is 3.28. The molecule has 0 radical (unpaired) electrons. The molecule has 0 aliphatic carbocycles. The number of aromatic nitrogens is 2. The van der Waals surface area contributed by atoms with Gasteiger partial charge in [0.2, 0.25) is 5.91 Å². The molecule has 8 nitrogen and oxygen atoms in total. The Kier molecular flexibility index (Phi) is 5.74. The minimum absolute atomic E-state index is 0.00465. The third-order valence-electron chi connectivity index (χ3n) is 6.70. The number of halogens is 2. The number of guanidine groups is 1. The van der Waals surface area contributed by atoms with Gasteiger partial charge in [-0.2, -0.15) is 5.26 Å². The van der Waals surface area contributed by atoms with Crippen molar-refractivity contribution in [3.63, 3.8) is 0 Å². The van der Waals surface area contributed by atoms with Crippen LogP contribution in [0.25, 0.3) is 22.4 Å². The third kappa shape index (κ3) is 4.03. The molecular weight excluding hydrogens is 471 g/mol. The highest BCUT2D eigenvalue weighted by molar-refractivity contribution is 6.36. The number of aromatic amines is 1. The number of fused-ring (bicyclic) bond motifs is 1. The quantitative estimate of drug-likeness (QED) is 0.564. The predicted octanol–water partition coefficient (Wildman–Crippen LogP) is 4.22. The van der Waals surface area contributed by atoms with Crippen molar-refractivity contribution in [2.75, 3.05) is 6.61 Å². The summed E-state index contributed by atoms with van der Waals surface area (Å²) in [7, 11) is 0. The third-order valence-corrected chi connectivity index (χ3v) is 7.09. The lowest BCUT2D eigenvalue weighted by Crippen LogP contribution is -2.56. The standard InChI is InChI=1S/C25H24ClFN6O2/c1-13-8-16(6-7-35-13)33-19(34)11-25(2,32-24(33)29)17-10-18(27)21-22(20(17)26)31-23(30-21)15-5-3-4-14(9-15)12-28/h3-5,9-10,13,16H,6-8,11H2,1-2H3,(H2,29,32)(H,30,31)/t13-,16-,25+/m1/s1. The van der Waals surface area contributed by atoms with Crippen LogP contribution in [0.15, 0.2) is 35.3 Å². The van der Waals surface area contributed by atoms with Crippen molar-refractivity contribution < 1.29 is 13.9 Å². The molecule has 180 valence electrons. The van der Waals surface area contributed by atoms with Gasteiger partial charge in [-0.15, -0.1) is 0 Å². The van der Waals surface area contributed by atoms with Crippen LogP contribution in [0, 0.1) is 17.1 Å². The van der Waals surface area contributed by atoms with Crippen molar-refractivity contribution in [2.24, 2.45) is 10.7 Å². The maximum atomic E-state index is 15.2. The van der Waals surface area contributed by atoms with E-state index >= 15 is 4.39 Å². The van der Waals surface area contributed by atoms with Crippen molar-refractivity contribution in [1.29, 1.82) is 5.26 Å². The lowest BCUT2D eigenvalue weighted by atomic mass is 9.86. The average molecular weight is 495 g/mol. The Morgan fingerprint density at radius 1 is 1.40 bits per heavy atom. The zero-order chi connectivity index (χ0) is 24.9. The summed E-state index contributed by atoms with van der Waals surface area (Å²) in [6.07, 6.45) is 1.37. The van der Waals surface area contributed by atoms with Gasteiger partial charge in [0.1, 0.15) is 11.3 Å². The van der Waals surface area contributed by atoms with Crippen LogP contribution in [-0.4, -0.2) is 45.5 Å². The number of carbonyl (C=O) groups excluding carboxylic acids is 1. The summed E-state index contributed by atoms with van der Waals surface area (Å²) in [5.74, 6) is -0.309. The Hall–Kier alpha value is -3.48. The van der Waals surface area contributed by atoms with Crippen molar-refractivity contribution in [1.82, 2.24) is 14.9 Å². The fraction of sp³-hybridized carbons (Fsp3) is 0.360. The minimum Gasteiger partial charge on any atom is -0.378 e. The molecule has 0 spiro atoms. The summed E-state index contributed by atoms with van der Waals surface area (Å²) in [6, 6.07) is 10.1. The molecule has 1 saturated heterocycles.